The van der Waals surface area contributed by atoms with Gasteiger partial charge >= 0.3 is 0 Å². The zero-order chi connectivity index (χ0) is 23.2. The van der Waals surface area contributed by atoms with Gasteiger partial charge in [-0.15, -0.1) is 0 Å². The lowest BCUT2D eigenvalue weighted by Crippen LogP contribution is -2.50. The smallest absolute Gasteiger partial charge is 0.243 e. The van der Waals surface area contributed by atoms with Crippen LogP contribution in [0.15, 0.2) is 65.7 Å². The molecule has 1 fully saturated rings. The highest BCUT2D eigenvalue weighted by Gasteiger charge is 2.43. The van der Waals surface area contributed by atoms with Crippen LogP contribution < -0.4 is 10.1 Å². The molecule has 2 aliphatic heterocycles. The summed E-state index contributed by atoms with van der Waals surface area (Å²) in [4.78, 5) is 0.376. The van der Waals surface area contributed by atoms with Crippen molar-refractivity contribution in [1.82, 2.24) is 8.87 Å². The topological polar surface area (TPSA) is 63.6 Å². The van der Waals surface area contributed by atoms with Crippen molar-refractivity contribution in [1.29, 1.82) is 0 Å². The first-order valence-electron chi connectivity index (χ1n) is 11.6. The maximum atomic E-state index is 13.4. The average Bonchev–Trinajstić information content (AvgIpc) is 3.30. The van der Waals surface area contributed by atoms with Gasteiger partial charge < -0.3 is 14.6 Å². The fraction of sp³-hybridized carbons (Fsp3) is 0.385. The van der Waals surface area contributed by atoms with Crippen LogP contribution in [0, 0.1) is 5.92 Å². The van der Waals surface area contributed by atoms with Gasteiger partial charge in [0, 0.05) is 31.0 Å². The van der Waals surface area contributed by atoms with Crippen LogP contribution in [0.25, 0.3) is 5.69 Å². The normalized spacial score (nSPS) is 17.5. The second-order valence-corrected chi connectivity index (χ2v) is 11.4. The maximum Gasteiger partial charge on any atom is 0.243 e. The second kappa shape index (κ2) is 8.22. The number of methoxy groups -OCH3 is 1. The highest BCUT2D eigenvalue weighted by atomic mass is 32.2. The van der Waals surface area contributed by atoms with Gasteiger partial charge in [0.15, 0.2) is 0 Å². The Labute approximate surface area is 196 Å². The van der Waals surface area contributed by atoms with Gasteiger partial charge in [0.2, 0.25) is 10.0 Å². The van der Waals surface area contributed by atoms with E-state index in [2.05, 4.69) is 48.1 Å². The van der Waals surface area contributed by atoms with Gasteiger partial charge in [0.05, 0.1) is 28.9 Å². The number of rotatable bonds is 5. The zero-order valence-electron chi connectivity index (χ0n) is 19.4. The Kier molecular flexibility index (Phi) is 5.49. The Hall–Kier alpha value is -2.77. The van der Waals surface area contributed by atoms with Gasteiger partial charge in [-0.25, -0.2) is 8.42 Å². The molecule has 0 saturated carbocycles. The van der Waals surface area contributed by atoms with E-state index in [-0.39, 0.29) is 5.54 Å². The number of nitrogens with one attached hydrogen (secondary N) is 1. The number of piperidine rings is 1. The molecule has 1 saturated heterocycles. The number of hydrogen-bond acceptors (Lipinski definition) is 4. The highest BCUT2D eigenvalue weighted by Crippen LogP contribution is 2.45. The van der Waals surface area contributed by atoms with E-state index in [9.17, 15) is 8.42 Å². The van der Waals surface area contributed by atoms with Crippen LogP contribution in [0.1, 0.15) is 37.9 Å². The first kappa shape index (κ1) is 22.0. The first-order chi connectivity index (χ1) is 15.8. The fourth-order valence-corrected chi connectivity index (χ4v) is 6.60. The van der Waals surface area contributed by atoms with Crippen LogP contribution in [0.4, 0.5) is 5.69 Å². The van der Waals surface area contributed by atoms with Crippen molar-refractivity contribution in [2.45, 2.75) is 43.5 Å². The molecule has 174 valence electrons. The third-order valence-electron chi connectivity index (χ3n) is 6.86. The number of anilines is 1. The molecule has 7 heteroatoms. The summed E-state index contributed by atoms with van der Waals surface area (Å²) < 4.78 is 36.0. The molecule has 3 aromatic rings. The molecule has 0 atom stereocenters. The number of nitrogens with zero attached hydrogens (tertiary/aromatic N) is 2. The molecule has 3 heterocycles. The molecule has 2 aliphatic rings. The lowest BCUT2D eigenvalue weighted by molar-refractivity contribution is 0.247. The molecular weight excluding hydrogens is 434 g/mol. The molecule has 6 nitrogen and oxygen atoms in total. The van der Waals surface area contributed by atoms with E-state index in [1.165, 1.54) is 11.3 Å². The molecule has 0 unspecified atom stereocenters. The Morgan fingerprint density at radius 1 is 1.06 bits per heavy atom. The molecule has 33 heavy (non-hydrogen) atoms. The Balaban J connectivity index is 1.38. The Morgan fingerprint density at radius 2 is 1.79 bits per heavy atom. The summed E-state index contributed by atoms with van der Waals surface area (Å²) >= 11 is 0. The van der Waals surface area contributed by atoms with Gasteiger partial charge in [-0.1, -0.05) is 26.0 Å². The summed E-state index contributed by atoms with van der Waals surface area (Å²) in [5.74, 6) is 1.34. The fourth-order valence-electron chi connectivity index (χ4n) is 5.16. The molecule has 1 aromatic heterocycles. The average molecular weight is 466 g/mol. The van der Waals surface area contributed by atoms with Crippen molar-refractivity contribution < 1.29 is 13.2 Å². The molecular formula is C26H31N3O3S. The quantitative estimate of drug-likeness (QED) is 0.589. The van der Waals surface area contributed by atoms with Crippen molar-refractivity contribution in [2.24, 2.45) is 5.92 Å². The number of fused-ring (bicyclic) bond motifs is 4. The van der Waals surface area contributed by atoms with E-state index in [1.54, 1.807) is 23.5 Å². The van der Waals surface area contributed by atoms with Crippen LogP contribution in [-0.4, -0.2) is 37.5 Å². The lowest BCUT2D eigenvalue weighted by Gasteiger charge is -2.46. The number of aromatic nitrogens is 1. The number of hydrogen-bond donors (Lipinski definition) is 1. The minimum atomic E-state index is -3.52. The molecule has 0 radical (unpaired) electrons. The lowest BCUT2D eigenvalue weighted by atomic mass is 9.83. The van der Waals surface area contributed by atoms with Crippen molar-refractivity contribution in [2.75, 3.05) is 25.5 Å². The van der Waals surface area contributed by atoms with E-state index in [1.807, 2.05) is 24.3 Å². The molecule has 2 aromatic carbocycles. The zero-order valence-corrected chi connectivity index (χ0v) is 20.2. The minimum absolute atomic E-state index is 0.310. The SMILES string of the molecule is COc1ccc2c(c1)NC1(CCN(S(=O)(=O)c3ccc(CC(C)C)cc3)CC1)c1cccn1-2. The van der Waals surface area contributed by atoms with Crippen LogP contribution in [0.2, 0.25) is 0 Å². The summed E-state index contributed by atoms with van der Waals surface area (Å²) in [6.07, 6.45) is 4.41. The molecule has 0 amide bonds. The summed E-state index contributed by atoms with van der Waals surface area (Å²) in [6.45, 7) is 5.26. The van der Waals surface area contributed by atoms with Crippen molar-refractivity contribution in [3.05, 3.63) is 72.1 Å². The van der Waals surface area contributed by atoms with Crippen molar-refractivity contribution in [3.63, 3.8) is 0 Å². The van der Waals surface area contributed by atoms with Crippen LogP contribution >= 0.6 is 0 Å². The predicted octanol–water partition coefficient (Wildman–Crippen LogP) is 4.79. The predicted molar refractivity (Wildman–Crippen MR) is 131 cm³/mol. The Bertz CT molecular complexity index is 1250. The largest absolute Gasteiger partial charge is 0.497 e. The number of sulfonamides is 1. The summed E-state index contributed by atoms with van der Waals surface area (Å²) in [7, 11) is -1.85. The number of benzene rings is 2. The van der Waals surface area contributed by atoms with Crippen molar-refractivity contribution in [3.8, 4) is 11.4 Å². The highest BCUT2D eigenvalue weighted by molar-refractivity contribution is 7.89. The van der Waals surface area contributed by atoms with Gasteiger partial charge in [0.1, 0.15) is 5.75 Å². The molecule has 5 rings (SSSR count). The van der Waals surface area contributed by atoms with E-state index in [0.717, 1.165) is 23.5 Å². The summed E-state index contributed by atoms with van der Waals surface area (Å²) in [5.41, 5.74) is 4.13. The molecule has 0 aliphatic carbocycles. The van der Waals surface area contributed by atoms with Crippen LogP contribution in [0.3, 0.4) is 0 Å². The van der Waals surface area contributed by atoms with Crippen molar-refractivity contribution >= 4 is 15.7 Å². The molecule has 1 N–H and O–H groups in total. The van der Waals surface area contributed by atoms with E-state index in [0.29, 0.717) is 36.7 Å². The van der Waals surface area contributed by atoms with Crippen LogP contribution in [-0.2, 0) is 22.0 Å². The first-order valence-corrected chi connectivity index (χ1v) is 13.0. The van der Waals surface area contributed by atoms with Crippen LogP contribution in [0.5, 0.6) is 5.75 Å². The summed E-state index contributed by atoms with van der Waals surface area (Å²) in [5, 5.41) is 3.74. The van der Waals surface area contributed by atoms with E-state index >= 15 is 0 Å². The minimum Gasteiger partial charge on any atom is -0.497 e. The second-order valence-electron chi connectivity index (χ2n) is 9.50. The molecule has 1 spiro atoms. The van der Waals surface area contributed by atoms with Gasteiger partial charge in [-0.3, -0.25) is 0 Å². The van der Waals surface area contributed by atoms with Gasteiger partial charge in [-0.2, -0.15) is 4.31 Å². The standard InChI is InChI=1S/C26H31N3O3S/c1-19(2)17-20-6-9-22(10-7-20)33(30,31)28-15-12-26(13-16-28)25-5-4-14-29(25)24-11-8-21(32-3)18-23(24)27-26/h4-11,14,18-19,27H,12-13,15-17H2,1-3H3. The molecule has 0 bridgehead atoms. The summed E-state index contributed by atoms with van der Waals surface area (Å²) in [6, 6.07) is 17.6. The van der Waals surface area contributed by atoms with Gasteiger partial charge in [-0.05, 0) is 67.1 Å². The third-order valence-corrected chi connectivity index (χ3v) is 8.77. The van der Waals surface area contributed by atoms with E-state index < -0.39 is 10.0 Å². The van der Waals surface area contributed by atoms with E-state index in [4.69, 9.17) is 4.74 Å². The Morgan fingerprint density at radius 3 is 2.45 bits per heavy atom. The third kappa shape index (κ3) is 3.83. The number of ether oxygens (including phenoxy) is 1. The maximum absolute atomic E-state index is 13.4. The van der Waals surface area contributed by atoms with Gasteiger partial charge in [0.25, 0.3) is 0 Å². The monoisotopic (exact) mass is 465 g/mol.